The number of aryl methyl sites for hydroxylation is 1. The van der Waals surface area contributed by atoms with Crippen LogP contribution in [0.4, 0.5) is 0 Å². The van der Waals surface area contributed by atoms with Crippen molar-refractivity contribution in [2.75, 3.05) is 0 Å². The maximum absolute atomic E-state index is 2.57. The minimum Gasteiger partial charge on any atom is -0.343 e. The van der Waals surface area contributed by atoms with Gasteiger partial charge in [0, 0.05) is 50.6 Å². The van der Waals surface area contributed by atoms with Crippen LogP contribution in [0.25, 0.3) is 99.7 Å². The Morgan fingerprint density at radius 1 is 0.279 bits per heavy atom. The van der Waals surface area contributed by atoms with E-state index in [1.807, 2.05) is 0 Å². The smallest absolute Gasteiger partial charge is 0.0572 e. The summed E-state index contributed by atoms with van der Waals surface area (Å²) in [6.07, 6.45) is 0. The zero-order chi connectivity index (χ0) is 46.4. The summed E-state index contributed by atoms with van der Waals surface area (Å²) < 4.78 is 2.57. The van der Waals surface area contributed by atoms with Crippen molar-refractivity contribution in [3.05, 3.63) is 214 Å². The molecule has 0 saturated carbocycles. The summed E-state index contributed by atoms with van der Waals surface area (Å²) in [5, 5.41) is 2.68. The SMILES string of the molecule is Cn1c2c(-c3ccc4c(c3)C(C)(C)c3ccccc3-4)cc(-c3ccc4c(c3)C(C)(C)c3ccccc3-4)cc2c2c3c(cc(-c4ccc5c(c4)C(C)(C)c4ccccc4-5)c21)-c1ccccc1C3(C)C. The van der Waals surface area contributed by atoms with Gasteiger partial charge in [-0.05, 0) is 148 Å². The minimum atomic E-state index is -0.221. The molecule has 9 aromatic carbocycles. The third-order valence-electron chi connectivity index (χ3n) is 17.6. The lowest BCUT2D eigenvalue weighted by molar-refractivity contribution is 0.660. The van der Waals surface area contributed by atoms with Crippen LogP contribution in [0, 0.1) is 0 Å². The highest BCUT2D eigenvalue weighted by Gasteiger charge is 2.42. The molecule has 0 amide bonds. The summed E-state index contributed by atoms with van der Waals surface area (Å²) in [6, 6.07) is 65.8. The second-order valence-corrected chi connectivity index (χ2v) is 22.5. The first-order valence-corrected chi connectivity index (χ1v) is 24.6. The summed E-state index contributed by atoms with van der Waals surface area (Å²) in [5.41, 5.74) is 31.7. The maximum atomic E-state index is 2.57. The van der Waals surface area contributed by atoms with Crippen molar-refractivity contribution in [3.63, 3.8) is 0 Å². The molecule has 10 aromatic rings. The van der Waals surface area contributed by atoms with Gasteiger partial charge < -0.3 is 4.57 Å². The summed E-state index contributed by atoms with van der Waals surface area (Å²) in [7, 11) is 2.34. The zero-order valence-corrected chi connectivity index (χ0v) is 40.6. The van der Waals surface area contributed by atoms with Crippen molar-refractivity contribution in [2.24, 2.45) is 7.05 Å². The first kappa shape index (κ1) is 39.9. The van der Waals surface area contributed by atoms with E-state index in [9.17, 15) is 0 Å². The van der Waals surface area contributed by atoms with Crippen LogP contribution in [-0.2, 0) is 28.7 Å². The monoisotopic (exact) mass is 873 g/mol. The Kier molecular flexibility index (Phi) is 7.66. The van der Waals surface area contributed by atoms with Gasteiger partial charge in [-0.25, -0.2) is 0 Å². The molecule has 14 rings (SSSR count). The fourth-order valence-electron chi connectivity index (χ4n) is 14.1. The van der Waals surface area contributed by atoms with Crippen molar-refractivity contribution >= 4 is 21.8 Å². The number of fused-ring (bicyclic) bond motifs is 16. The van der Waals surface area contributed by atoms with Crippen molar-refractivity contribution in [2.45, 2.75) is 77.0 Å². The van der Waals surface area contributed by atoms with Crippen LogP contribution in [0.3, 0.4) is 0 Å². The van der Waals surface area contributed by atoms with Crippen LogP contribution in [0.5, 0.6) is 0 Å². The molecule has 0 fully saturated rings. The van der Waals surface area contributed by atoms with Gasteiger partial charge in [0.2, 0.25) is 0 Å². The van der Waals surface area contributed by atoms with Gasteiger partial charge in [-0.2, -0.15) is 0 Å². The third-order valence-corrected chi connectivity index (χ3v) is 17.6. The van der Waals surface area contributed by atoms with Gasteiger partial charge in [-0.1, -0.05) is 189 Å². The fraction of sp³-hybridized carbons (Fsp3) is 0.194. The van der Waals surface area contributed by atoms with E-state index in [1.54, 1.807) is 0 Å². The van der Waals surface area contributed by atoms with Gasteiger partial charge in [0.05, 0.1) is 11.0 Å². The normalized spacial score (nSPS) is 16.5. The highest BCUT2D eigenvalue weighted by molar-refractivity contribution is 6.21. The molecule has 0 atom stereocenters. The number of aromatic nitrogens is 1. The Bertz CT molecular complexity index is 3910. The maximum Gasteiger partial charge on any atom is 0.0572 e. The molecule has 0 saturated heterocycles. The molecule has 4 aliphatic rings. The van der Waals surface area contributed by atoms with Gasteiger partial charge >= 0.3 is 0 Å². The Morgan fingerprint density at radius 2 is 0.647 bits per heavy atom. The molecular formula is C67H55N. The first-order valence-electron chi connectivity index (χ1n) is 24.6. The zero-order valence-electron chi connectivity index (χ0n) is 40.6. The predicted octanol–water partition coefficient (Wildman–Crippen LogP) is 17.6. The molecule has 328 valence electrons. The molecule has 0 unspecified atom stereocenters. The van der Waals surface area contributed by atoms with E-state index in [4.69, 9.17) is 0 Å². The van der Waals surface area contributed by atoms with Gasteiger partial charge in [-0.15, -0.1) is 0 Å². The van der Waals surface area contributed by atoms with E-state index in [1.165, 1.54) is 144 Å². The first-order chi connectivity index (χ1) is 32.7. The third kappa shape index (κ3) is 4.92. The van der Waals surface area contributed by atoms with Gasteiger partial charge in [0.1, 0.15) is 0 Å². The van der Waals surface area contributed by atoms with Crippen molar-refractivity contribution in [1.82, 2.24) is 4.57 Å². The largest absolute Gasteiger partial charge is 0.343 e. The van der Waals surface area contributed by atoms with Crippen LogP contribution in [0.2, 0.25) is 0 Å². The lowest BCUT2D eigenvalue weighted by atomic mass is 9.78. The average Bonchev–Trinajstić information content (AvgIpc) is 4.02. The number of benzene rings is 9. The van der Waals surface area contributed by atoms with Crippen LogP contribution < -0.4 is 0 Å². The summed E-state index contributed by atoms with van der Waals surface area (Å²) in [4.78, 5) is 0. The van der Waals surface area contributed by atoms with Gasteiger partial charge in [-0.3, -0.25) is 0 Å². The lowest BCUT2D eigenvalue weighted by Crippen LogP contribution is -2.15. The lowest BCUT2D eigenvalue weighted by Gasteiger charge is -2.24. The molecule has 1 heterocycles. The highest BCUT2D eigenvalue weighted by Crippen LogP contribution is 2.58. The van der Waals surface area contributed by atoms with E-state index in [2.05, 4.69) is 237 Å². The molecule has 0 aliphatic heterocycles. The molecule has 0 N–H and O–H groups in total. The van der Waals surface area contributed by atoms with E-state index in [0.717, 1.165) is 0 Å². The molecule has 0 radical (unpaired) electrons. The van der Waals surface area contributed by atoms with Crippen LogP contribution >= 0.6 is 0 Å². The molecular weight excluding hydrogens is 819 g/mol. The van der Waals surface area contributed by atoms with E-state index in [0.29, 0.717) is 0 Å². The Balaban J connectivity index is 1.10. The average molecular weight is 874 g/mol. The van der Waals surface area contributed by atoms with E-state index in [-0.39, 0.29) is 21.7 Å². The summed E-state index contributed by atoms with van der Waals surface area (Å²) in [6.45, 7) is 19.3. The molecule has 1 aromatic heterocycles. The molecule has 0 bridgehead atoms. The molecule has 1 nitrogen and oxygen atoms in total. The topological polar surface area (TPSA) is 4.93 Å². The number of rotatable bonds is 3. The fourth-order valence-corrected chi connectivity index (χ4v) is 14.1. The van der Waals surface area contributed by atoms with Gasteiger partial charge in [0.15, 0.2) is 0 Å². The summed E-state index contributed by atoms with van der Waals surface area (Å²) in [5.74, 6) is 0. The van der Waals surface area contributed by atoms with Crippen molar-refractivity contribution in [1.29, 1.82) is 0 Å². The molecule has 1 heteroatoms. The van der Waals surface area contributed by atoms with Crippen molar-refractivity contribution in [3.8, 4) is 77.9 Å². The van der Waals surface area contributed by atoms with E-state index >= 15 is 0 Å². The minimum absolute atomic E-state index is 0.105. The predicted molar refractivity (Wildman–Crippen MR) is 287 cm³/mol. The second kappa shape index (κ2) is 13.1. The summed E-state index contributed by atoms with van der Waals surface area (Å²) >= 11 is 0. The van der Waals surface area contributed by atoms with Crippen LogP contribution in [0.1, 0.15) is 99.9 Å². The number of hydrogen-bond donors (Lipinski definition) is 0. The van der Waals surface area contributed by atoms with Crippen LogP contribution in [0.15, 0.2) is 170 Å². The number of nitrogens with zero attached hydrogens (tertiary/aromatic N) is 1. The van der Waals surface area contributed by atoms with Crippen molar-refractivity contribution < 1.29 is 0 Å². The molecule has 4 aliphatic carbocycles. The Hall–Kier alpha value is -7.22. The van der Waals surface area contributed by atoms with E-state index < -0.39 is 0 Å². The highest BCUT2D eigenvalue weighted by atomic mass is 14.9. The Labute approximate surface area is 400 Å². The molecule has 68 heavy (non-hydrogen) atoms. The van der Waals surface area contributed by atoms with Gasteiger partial charge in [0.25, 0.3) is 0 Å². The standard InChI is InChI=1S/C67H55N/c1-64(2)53-22-14-10-18-42(53)46-29-26-38(34-57(46)64)41-32-49(39-27-30-47-43-19-11-15-23-54(43)65(3,4)58(47)35-39)62-52(33-41)60-61-51(45-21-13-17-25-56(45)67(61,7)8)37-50(63(60)68(62)9)40-28-31-48-44-20-12-16-24-55(44)66(5,6)59(48)36-40/h10-37H,1-9H3. The quantitative estimate of drug-likeness (QED) is 0.167. The molecule has 0 spiro atoms. The van der Waals surface area contributed by atoms with Crippen LogP contribution in [-0.4, -0.2) is 4.57 Å². The Morgan fingerprint density at radius 3 is 1.12 bits per heavy atom. The number of hydrogen-bond acceptors (Lipinski definition) is 0. The second-order valence-electron chi connectivity index (χ2n) is 22.5.